The largest absolute Gasteiger partial charge is 0.489 e. The van der Waals surface area contributed by atoms with Gasteiger partial charge in [-0.2, -0.15) is 0 Å². The van der Waals surface area contributed by atoms with Gasteiger partial charge in [0.2, 0.25) is 11.6 Å². The summed E-state index contributed by atoms with van der Waals surface area (Å²) in [5, 5.41) is 10.6. The zero-order valence-corrected chi connectivity index (χ0v) is 14.8. The molecular weight excluding hydrogens is 304 g/mol. The number of ether oxygens (including phenoxy) is 1. The Kier molecular flexibility index (Phi) is 4.28. The molecule has 2 aliphatic carbocycles. The number of hydrogen-bond donors (Lipinski definition) is 1. The summed E-state index contributed by atoms with van der Waals surface area (Å²) in [6, 6.07) is 0. The highest BCUT2D eigenvalue weighted by molar-refractivity contribution is 6.49. The Bertz CT molecular complexity index is 678. The molecule has 2 unspecified atom stereocenters. The Hall–Kier alpha value is -1.68. The van der Waals surface area contributed by atoms with E-state index < -0.39 is 17.2 Å². The molecule has 3 rings (SSSR count). The quantitative estimate of drug-likeness (QED) is 0.477. The van der Waals surface area contributed by atoms with E-state index in [1.807, 2.05) is 6.08 Å². The summed E-state index contributed by atoms with van der Waals surface area (Å²) in [7, 11) is 0. The molecule has 0 spiro atoms. The van der Waals surface area contributed by atoms with Crippen molar-refractivity contribution in [1.82, 2.24) is 0 Å². The smallest absolute Gasteiger partial charge is 0.230 e. The molecule has 1 saturated heterocycles. The number of hydrogen-bond acceptors (Lipinski definition) is 4. The van der Waals surface area contributed by atoms with Crippen molar-refractivity contribution in [3.8, 4) is 0 Å². The van der Waals surface area contributed by atoms with Gasteiger partial charge in [-0.05, 0) is 25.3 Å². The van der Waals surface area contributed by atoms with Gasteiger partial charge in [0.25, 0.3) is 0 Å². The monoisotopic (exact) mass is 330 g/mol. The molecule has 4 heteroatoms. The topological polar surface area (TPSA) is 63.6 Å². The maximum Gasteiger partial charge on any atom is 0.230 e. The summed E-state index contributed by atoms with van der Waals surface area (Å²) in [5.74, 6) is -0.489. The fourth-order valence-electron chi connectivity index (χ4n) is 4.06. The molecule has 1 heterocycles. The van der Waals surface area contributed by atoms with Crippen LogP contribution in [-0.2, 0) is 14.3 Å². The van der Waals surface area contributed by atoms with Gasteiger partial charge in [0, 0.05) is 22.6 Å². The third-order valence-electron chi connectivity index (χ3n) is 5.51. The van der Waals surface area contributed by atoms with Crippen LogP contribution in [0.3, 0.4) is 0 Å². The predicted octanol–water partition coefficient (Wildman–Crippen LogP) is 3.41. The minimum absolute atomic E-state index is 0.107. The van der Waals surface area contributed by atoms with Crippen molar-refractivity contribution < 1.29 is 19.4 Å². The molecule has 0 aromatic rings. The molecule has 24 heavy (non-hydrogen) atoms. The first-order chi connectivity index (χ1) is 11.3. The molecule has 2 atom stereocenters. The minimum atomic E-state index is -1.12. The van der Waals surface area contributed by atoms with E-state index in [2.05, 4.69) is 13.8 Å². The molecule has 1 N–H and O–H groups in total. The van der Waals surface area contributed by atoms with E-state index in [0.29, 0.717) is 23.3 Å². The highest BCUT2D eigenvalue weighted by atomic mass is 16.5. The normalized spacial score (nSPS) is 32.2. The van der Waals surface area contributed by atoms with Crippen LogP contribution in [0.5, 0.6) is 0 Å². The molecule has 0 aromatic carbocycles. The average molecular weight is 330 g/mol. The van der Waals surface area contributed by atoms with Gasteiger partial charge < -0.3 is 9.84 Å². The van der Waals surface area contributed by atoms with Gasteiger partial charge in [0.15, 0.2) is 0 Å². The van der Waals surface area contributed by atoms with Gasteiger partial charge in [-0.1, -0.05) is 45.6 Å². The zero-order chi connectivity index (χ0) is 17.5. The average Bonchev–Trinajstić information content (AvgIpc) is 2.52. The highest BCUT2D eigenvalue weighted by Gasteiger charge is 2.49. The van der Waals surface area contributed by atoms with Crippen LogP contribution >= 0.6 is 0 Å². The van der Waals surface area contributed by atoms with Crippen LogP contribution in [0, 0.1) is 5.41 Å². The second-order valence-electron chi connectivity index (χ2n) is 7.71. The molecule has 1 fully saturated rings. The van der Waals surface area contributed by atoms with E-state index in [0.717, 1.165) is 31.3 Å². The van der Waals surface area contributed by atoms with Gasteiger partial charge in [-0.15, -0.1) is 0 Å². The summed E-state index contributed by atoms with van der Waals surface area (Å²) in [6.07, 6.45) is 9.37. The lowest BCUT2D eigenvalue weighted by molar-refractivity contribution is -0.132. The summed E-state index contributed by atoms with van der Waals surface area (Å²) in [5.41, 5.74) is 0.471. The van der Waals surface area contributed by atoms with Crippen LogP contribution in [0.25, 0.3) is 0 Å². The molecule has 0 amide bonds. The molecule has 0 saturated carbocycles. The number of allylic oxidation sites excluding steroid dienone is 4. The predicted molar refractivity (Wildman–Crippen MR) is 91.3 cm³/mol. The van der Waals surface area contributed by atoms with Crippen molar-refractivity contribution in [3.63, 3.8) is 0 Å². The van der Waals surface area contributed by atoms with E-state index in [9.17, 15) is 14.7 Å². The number of ketones is 2. The summed E-state index contributed by atoms with van der Waals surface area (Å²) >= 11 is 0. The van der Waals surface area contributed by atoms with E-state index in [-0.39, 0.29) is 12.0 Å². The molecule has 3 aliphatic rings. The van der Waals surface area contributed by atoms with Crippen molar-refractivity contribution in [1.29, 1.82) is 0 Å². The summed E-state index contributed by atoms with van der Waals surface area (Å²) in [6.45, 7) is 6.04. The Morgan fingerprint density at radius 1 is 1.21 bits per heavy atom. The van der Waals surface area contributed by atoms with Crippen LogP contribution in [0.2, 0.25) is 0 Å². The first kappa shape index (κ1) is 17.2. The number of rotatable bonds is 5. The lowest BCUT2D eigenvalue weighted by atomic mass is 9.63. The molecule has 1 aliphatic heterocycles. The number of aliphatic hydroxyl groups is 1. The summed E-state index contributed by atoms with van der Waals surface area (Å²) in [4.78, 5) is 24.8. The lowest BCUT2D eigenvalue weighted by Crippen LogP contribution is -2.45. The van der Waals surface area contributed by atoms with Crippen LogP contribution in [0.4, 0.5) is 0 Å². The first-order valence-corrected chi connectivity index (χ1v) is 8.92. The molecule has 0 radical (unpaired) electrons. The molecule has 130 valence electrons. The molecule has 0 bridgehead atoms. The Morgan fingerprint density at radius 3 is 2.67 bits per heavy atom. The SMILES string of the molecule is CCCCCCC1(C)CC=C2C3=C1C(=O)C(=O)C=C3OCC2(C)O. The van der Waals surface area contributed by atoms with Gasteiger partial charge in [-0.3, -0.25) is 9.59 Å². The van der Waals surface area contributed by atoms with Crippen molar-refractivity contribution >= 4 is 11.6 Å². The second-order valence-corrected chi connectivity index (χ2v) is 7.71. The zero-order valence-electron chi connectivity index (χ0n) is 14.8. The van der Waals surface area contributed by atoms with E-state index in [1.54, 1.807) is 6.92 Å². The Morgan fingerprint density at radius 2 is 1.96 bits per heavy atom. The number of Topliss-reactive ketones (excluding diaryl/α,β-unsaturated/α-hetero) is 1. The van der Waals surface area contributed by atoms with Gasteiger partial charge in [0.05, 0.1) is 0 Å². The van der Waals surface area contributed by atoms with Crippen LogP contribution < -0.4 is 0 Å². The van der Waals surface area contributed by atoms with Crippen LogP contribution in [-0.4, -0.2) is 28.9 Å². The fourth-order valence-corrected chi connectivity index (χ4v) is 4.06. The van der Waals surface area contributed by atoms with E-state index in [1.165, 1.54) is 12.5 Å². The third-order valence-corrected chi connectivity index (χ3v) is 5.51. The molecular formula is C20H26O4. The van der Waals surface area contributed by atoms with Gasteiger partial charge in [-0.25, -0.2) is 0 Å². The van der Waals surface area contributed by atoms with Gasteiger partial charge >= 0.3 is 0 Å². The highest BCUT2D eigenvalue weighted by Crippen LogP contribution is 2.51. The van der Waals surface area contributed by atoms with Crippen molar-refractivity contribution in [2.24, 2.45) is 5.41 Å². The second kappa shape index (κ2) is 5.99. The maximum absolute atomic E-state index is 12.7. The Labute approximate surface area is 143 Å². The van der Waals surface area contributed by atoms with Crippen molar-refractivity contribution in [3.05, 3.63) is 34.6 Å². The minimum Gasteiger partial charge on any atom is -0.489 e. The number of carbonyl (C=O) groups is 2. The summed E-state index contributed by atoms with van der Waals surface area (Å²) < 4.78 is 5.63. The van der Waals surface area contributed by atoms with Crippen molar-refractivity contribution in [2.45, 2.75) is 64.9 Å². The van der Waals surface area contributed by atoms with Crippen LogP contribution in [0.1, 0.15) is 59.3 Å². The van der Waals surface area contributed by atoms with Crippen LogP contribution in [0.15, 0.2) is 34.6 Å². The molecule has 4 nitrogen and oxygen atoms in total. The van der Waals surface area contributed by atoms with Gasteiger partial charge in [0.1, 0.15) is 18.0 Å². The lowest BCUT2D eigenvalue weighted by Gasteiger charge is -2.44. The van der Waals surface area contributed by atoms with Crippen molar-refractivity contribution in [2.75, 3.05) is 6.61 Å². The number of unbranched alkanes of at least 4 members (excludes halogenated alkanes) is 3. The first-order valence-electron chi connectivity index (χ1n) is 8.92. The number of carbonyl (C=O) groups excluding carboxylic acids is 2. The standard InChI is InChI=1S/C20H26O4/c1-4-5-6-7-9-19(2)10-8-13-16-15(24-12-20(13,3)23)11-14(21)18(22)17(16)19/h8,11,23H,4-7,9-10,12H2,1-3H3. The Balaban J connectivity index is 2.02. The third kappa shape index (κ3) is 2.67. The molecule has 0 aromatic heterocycles. The maximum atomic E-state index is 12.7. The van der Waals surface area contributed by atoms with E-state index in [4.69, 9.17) is 4.74 Å². The fraction of sp³-hybridized carbons (Fsp3) is 0.600. The van der Waals surface area contributed by atoms with E-state index >= 15 is 0 Å².